The van der Waals surface area contributed by atoms with Crippen LogP contribution in [0.3, 0.4) is 0 Å². The van der Waals surface area contributed by atoms with Gasteiger partial charge in [0, 0.05) is 13.1 Å². The zero-order chi connectivity index (χ0) is 17.2. The summed E-state index contributed by atoms with van der Waals surface area (Å²) < 4.78 is 4.67. The van der Waals surface area contributed by atoms with Crippen LogP contribution in [-0.2, 0) is 14.3 Å². The van der Waals surface area contributed by atoms with E-state index in [4.69, 9.17) is 0 Å². The lowest BCUT2D eigenvalue weighted by Gasteiger charge is -2.22. The molecule has 0 unspecified atom stereocenters. The minimum atomic E-state index is -0.963. The van der Waals surface area contributed by atoms with Crippen molar-refractivity contribution in [2.24, 2.45) is 0 Å². The summed E-state index contributed by atoms with van der Waals surface area (Å²) >= 11 is 0. The molecule has 1 rings (SSSR count). The van der Waals surface area contributed by atoms with E-state index in [0.717, 1.165) is 18.7 Å². The van der Waals surface area contributed by atoms with E-state index >= 15 is 0 Å². The van der Waals surface area contributed by atoms with Gasteiger partial charge in [-0.15, -0.1) is 0 Å². The van der Waals surface area contributed by atoms with Gasteiger partial charge in [0.05, 0.1) is 13.2 Å². The topological polar surface area (TPSA) is 84.0 Å². The summed E-state index contributed by atoms with van der Waals surface area (Å²) in [6, 6.07) is 7.99. The van der Waals surface area contributed by atoms with Crippen LogP contribution in [0.25, 0.3) is 6.08 Å². The van der Waals surface area contributed by atoms with Gasteiger partial charge in [0.1, 0.15) is 0 Å². The second-order valence-electron chi connectivity index (χ2n) is 4.35. The Balaban J connectivity index is 2.86. The highest BCUT2D eigenvalue weighted by molar-refractivity contribution is 6.06. The van der Waals surface area contributed by atoms with Gasteiger partial charge in [0.2, 0.25) is 6.29 Å². The first kappa shape index (κ1) is 18.1. The summed E-state index contributed by atoms with van der Waals surface area (Å²) in [5.41, 5.74) is 0.752. The molecule has 0 saturated heterocycles. The number of carbonyl (C=O) groups is 3. The Labute approximate surface area is 134 Å². The zero-order valence-corrected chi connectivity index (χ0v) is 12.9. The van der Waals surface area contributed by atoms with Crippen LogP contribution < -0.4 is 0 Å². The Hall–Kier alpha value is -2.96. The van der Waals surface area contributed by atoms with Crippen molar-refractivity contribution in [1.29, 1.82) is 0 Å². The molecule has 0 atom stereocenters. The Kier molecular flexibility index (Phi) is 7.19. The van der Waals surface area contributed by atoms with Crippen molar-refractivity contribution in [3.63, 3.8) is 0 Å². The molecule has 7 nitrogen and oxygen atoms in total. The molecule has 0 aliphatic carbocycles. The molecule has 4 amide bonds. The Morgan fingerprint density at radius 3 is 2.43 bits per heavy atom. The number of ether oxygens (including phenoxy) is 1. The van der Waals surface area contributed by atoms with Gasteiger partial charge in [0.25, 0.3) is 5.91 Å². The molecule has 0 aliphatic heterocycles. The lowest BCUT2D eigenvalue weighted by atomic mass is 10.2. The van der Waals surface area contributed by atoms with Crippen LogP contribution in [0.5, 0.6) is 0 Å². The molecule has 0 heterocycles. The van der Waals surface area contributed by atoms with Crippen LogP contribution in [0.1, 0.15) is 12.5 Å². The van der Waals surface area contributed by atoms with E-state index in [-0.39, 0.29) is 6.61 Å². The third-order valence-corrected chi connectivity index (χ3v) is 2.77. The standard InChI is InChI=1S/C16H17N2O5/c1-3-23-16(22)17(2)15(21)18(11-12-19)14(20)10-9-13-7-5-4-6-8-13/h4-10H,3,11H2,1-2H3. The molecule has 1 radical (unpaired) electrons. The number of carbonyl (C=O) groups excluding carboxylic acids is 4. The first-order chi connectivity index (χ1) is 11.0. The minimum Gasteiger partial charge on any atom is -0.449 e. The predicted molar refractivity (Wildman–Crippen MR) is 83.1 cm³/mol. The Bertz CT molecular complexity index is 598. The number of amides is 4. The molecule has 23 heavy (non-hydrogen) atoms. The second-order valence-corrected chi connectivity index (χ2v) is 4.35. The summed E-state index contributed by atoms with van der Waals surface area (Å²) in [5.74, 6) is -0.738. The molecule has 1 aromatic rings. The number of hydrogen-bond donors (Lipinski definition) is 0. The van der Waals surface area contributed by atoms with E-state index < -0.39 is 24.6 Å². The molecule has 0 aliphatic rings. The van der Waals surface area contributed by atoms with Crippen LogP contribution in [0.15, 0.2) is 36.4 Å². The normalized spacial score (nSPS) is 10.2. The van der Waals surface area contributed by atoms with Gasteiger partial charge < -0.3 is 4.74 Å². The molecule has 0 aromatic heterocycles. The van der Waals surface area contributed by atoms with Gasteiger partial charge in [-0.1, -0.05) is 30.3 Å². The first-order valence-electron chi connectivity index (χ1n) is 6.85. The van der Waals surface area contributed by atoms with Gasteiger partial charge in [0.15, 0.2) is 0 Å². The predicted octanol–water partition coefficient (Wildman–Crippen LogP) is 1.85. The van der Waals surface area contributed by atoms with Crippen molar-refractivity contribution in [2.45, 2.75) is 6.92 Å². The van der Waals surface area contributed by atoms with Crippen LogP contribution >= 0.6 is 0 Å². The lowest BCUT2D eigenvalue weighted by molar-refractivity contribution is -0.123. The first-order valence-corrected chi connectivity index (χ1v) is 6.85. The average molecular weight is 317 g/mol. The number of nitrogens with zero attached hydrogens (tertiary/aromatic N) is 2. The maximum atomic E-state index is 12.1. The largest absolute Gasteiger partial charge is 0.449 e. The molecule has 0 bridgehead atoms. The molecular formula is C16H17N2O5. The van der Waals surface area contributed by atoms with Crippen molar-refractivity contribution in [1.82, 2.24) is 9.80 Å². The van der Waals surface area contributed by atoms with Gasteiger partial charge in [-0.25, -0.2) is 14.5 Å². The molecular weight excluding hydrogens is 300 g/mol. The van der Waals surface area contributed by atoms with Gasteiger partial charge in [-0.05, 0) is 18.6 Å². The highest BCUT2D eigenvalue weighted by atomic mass is 16.6. The number of benzene rings is 1. The average Bonchev–Trinajstić information content (AvgIpc) is 2.57. The molecule has 121 valence electrons. The number of rotatable bonds is 5. The maximum absolute atomic E-state index is 12.1. The Morgan fingerprint density at radius 1 is 1.22 bits per heavy atom. The third kappa shape index (κ3) is 5.39. The molecule has 0 saturated carbocycles. The fraction of sp³-hybridized carbons (Fsp3) is 0.250. The smallest absolute Gasteiger partial charge is 0.417 e. The monoisotopic (exact) mass is 317 g/mol. The van der Waals surface area contributed by atoms with E-state index in [0.29, 0.717) is 9.80 Å². The van der Waals surface area contributed by atoms with Crippen molar-refractivity contribution < 1.29 is 23.9 Å². The lowest BCUT2D eigenvalue weighted by Crippen LogP contribution is -2.47. The summed E-state index contributed by atoms with van der Waals surface area (Å²) in [5, 5.41) is 0. The molecule has 0 N–H and O–H groups in total. The SMILES string of the molecule is CCOC(=O)N(C)C(=O)N(C[C]=O)C(=O)C=Cc1ccccc1. The van der Waals surface area contributed by atoms with Crippen molar-refractivity contribution in [2.75, 3.05) is 20.2 Å². The van der Waals surface area contributed by atoms with Gasteiger partial charge >= 0.3 is 12.1 Å². The summed E-state index contributed by atoms with van der Waals surface area (Å²) in [7, 11) is 1.16. The second kappa shape index (κ2) is 9.14. The molecule has 1 aromatic carbocycles. The highest BCUT2D eigenvalue weighted by Crippen LogP contribution is 2.05. The van der Waals surface area contributed by atoms with Crippen LogP contribution in [0, 0.1) is 0 Å². The van der Waals surface area contributed by atoms with Crippen molar-refractivity contribution in [3.05, 3.63) is 42.0 Å². The molecule has 0 spiro atoms. The van der Waals surface area contributed by atoms with E-state index in [9.17, 15) is 19.2 Å². The van der Waals surface area contributed by atoms with Crippen LogP contribution in [0.2, 0.25) is 0 Å². The minimum absolute atomic E-state index is 0.0815. The fourth-order valence-corrected chi connectivity index (χ4v) is 1.61. The number of urea groups is 1. The van der Waals surface area contributed by atoms with Gasteiger partial charge in [-0.3, -0.25) is 14.5 Å². The third-order valence-electron chi connectivity index (χ3n) is 2.77. The number of imide groups is 2. The number of hydrogen-bond acceptors (Lipinski definition) is 5. The fourth-order valence-electron chi connectivity index (χ4n) is 1.61. The molecule has 0 fully saturated rings. The van der Waals surface area contributed by atoms with Crippen molar-refractivity contribution in [3.8, 4) is 0 Å². The van der Waals surface area contributed by atoms with Crippen LogP contribution in [0.4, 0.5) is 9.59 Å². The zero-order valence-electron chi connectivity index (χ0n) is 12.9. The van der Waals surface area contributed by atoms with Gasteiger partial charge in [-0.2, -0.15) is 0 Å². The maximum Gasteiger partial charge on any atom is 0.417 e. The van der Waals surface area contributed by atoms with Crippen LogP contribution in [-0.4, -0.2) is 54.3 Å². The quantitative estimate of drug-likeness (QED) is 0.774. The highest BCUT2D eigenvalue weighted by Gasteiger charge is 2.27. The van der Waals surface area contributed by atoms with E-state index in [1.54, 1.807) is 31.2 Å². The van der Waals surface area contributed by atoms with E-state index in [1.807, 2.05) is 6.07 Å². The summed E-state index contributed by atoms with van der Waals surface area (Å²) in [6.07, 6.45) is 3.21. The molecule has 7 heteroatoms. The van der Waals surface area contributed by atoms with E-state index in [2.05, 4.69) is 4.74 Å². The summed E-state index contributed by atoms with van der Waals surface area (Å²) in [6.45, 7) is 1.08. The van der Waals surface area contributed by atoms with Crippen molar-refractivity contribution >= 4 is 30.4 Å². The Morgan fingerprint density at radius 2 is 1.87 bits per heavy atom. The van der Waals surface area contributed by atoms with E-state index in [1.165, 1.54) is 12.4 Å². The summed E-state index contributed by atoms with van der Waals surface area (Å²) in [4.78, 5) is 47.5.